The summed E-state index contributed by atoms with van der Waals surface area (Å²) in [7, 11) is 1.70. The maximum absolute atomic E-state index is 10.2. The Morgan fingerprint density at radius 1 is 0.825 bits per heavy atom. The van der Waals surface area contributed by atoms with E-state index in [1.165, 1.54) is 69.8 Å². The average Bonchev–Trinajstić information content (AvgIpc) is 3.39. The van der Waals surface area contributed by atoms with Crippen LogP contribution in [-0.2, 0) is 13.0 Å². The number of rotatable bonds is 20. The Kier molecular flexibility index (Phi) is 14.4. The molecule has 1 heterocycles. The fourth-order valence-corrected chi connectivity index (χ4v) is 5.90. The third-order valence-electron chi connectivity index (χ3n) is 7.46. The van der Waals surface area contributed by atoms with Crippen LogP contribution in [0.4, 0.5) is 16.5 Å². The first kappa shape index (κ1) is 32.0. The first-order valence-electron chi connectivity index (χ1n) is 15.5. The molecule has 0 aliphatic carbocycles. The molecule has 40 heavy (non-hydrogen) atoms. The second-order valence-electron chi connectivity index (χ2n) is 10.7. The highest BCUT2D eigenvalue weighted by atomic mass is 32.1. The number of anilines is 1. The van der Waals surface area contributed by atoms with E-state index in [2.05, 4.69) is 59.1 Å². The Labute approximate surface area is 245 Å². The number of fused-ring (bicyclic) bond motifs is 1. The number of unbranched alkanes of at least 4 members (excludes halogenated alkanes) is 9. The molecular weight excluding hydrogens is 516 g/mol. The van der Waals surface area contributed by atoms with Crippen molar-refractivity contribution >= 4 is 38.1 Å². The van der Waals surface area contributed by atoms with Crippen LogP contribution < -0.4 is 9.64 Å². The first-order chi connectivity index (χ1) is 19.6. The van der Waals surface area contributed by atoms with E-state index in [0.29, 0.717) is 10.8 Å². The summed E-state index contributed by atoms with van der Waals surface area (Å²) in [5.41, 5.74) is 4.71. The van der Waals surface area contributed by atoms with Gasteiger partial charge in [0.15, 0.2) is 0 Å². The van der Waals surface area contributed by atoms with E-state index >= 15 is 0 Å². The van der Waals surface area contributed by atoms with Gasteiger partial charge in [0.1, 0.15) is 5.75 Å². The summed E-state index contributed by atoms with van der Waals surface area (Å²) >= 11 is 1.56. The SMILES string of the molecule is CCCCCCCCc1ccc2nc(/N=N/c3cc(OC)c(N(CCCCC)CCCCC)cc3CO)sc2c1. The zero-order valence-electron chi connectivity index (χ0n) is 25.3. The van der Waals surface area contributed by atoms with Crippen molar-refractivity contribution in [3.63, 3.8) is 0 Å². The Morgan fingerprint density at radius 3 is 2.17 bits per heavy atom. The van der Waals surface area contributed by atoms with Gasteiger partial charge in [0.25, 0.3) is 0 Å². The summed E-state index contributed by atoms with van der Waals surface area (Å²) in [5, 5.41) is 19.8. The molecule has 0 radical (unpaired) electrons. The van der Waals surface area contributed by atoms with Gasteiger partial charge in [-0.3, -0.25) is 0 Å². The molecule has 1 N–H and O–H groups in total. The quantitative estimate of drug-likeness (QED) is 0.109. The third kappa shape index (κ3) is 9.84. The fourth-order valence-electron chi connectivity index (χ4n) is 5.05. The molecule has 0 bridgehead atoms. The lowest BCUT2D eigenvalue weighted by Gasteiger charge is -2.27. The predicted molar refractivity (Wildman–Crippen MR) is 171 cm³/mol. The van der Waals surface area contributed by atoms with Crippen LogP contribution in [0.15, 0.2) is 40.6 Å². The monoisotopic (exact) mass is 566 g/mol. The summed E-state index contributed by atoms with van der Waals surface area (Å²) in [6.07, 6.45) is 16.0. The lowest BCUT2D eigenvalue weighted by atomic mass is 10.0. The van der Waals surface area contributed by atoms with Gasteiger partial charge >= 0.3 is 0 Å². The number of ether oxygens (including phenoxy) is 1. The highest BCUT2D eigenvalue weighted by molar-refractivity contribution is 7.21. The second-order valence-corrected chi connectivity index (χ2v) is 11.7. The molecule has 7 heteroatoms. The van der Waals surface area contributed by atoms with E-state index in [-0.39, 0.29) is 6.61 Å². The molecule has 3 rings (SSSR count). The van der Waals surface area contributed by atoms with Crippen LogP contribution in [0.1, 0.15) is 109 Å². The van der Waals surface area contributed by atoms with Crippen molar-refractivity contribution in [3.05, 3.63) is 41.5 Å². The number of hydrogen-bond donors (Lipinski definition) is 1. The smallest absolute Gasteiger partial charge is 0.231 e. The number of methoxy groups -OCH3 is 1. The zero-order valence-corrected chi connectivity index (χ0v) is 26.1. The highest BCUT2D eigenvalue weighted by Gasteiger charge is 2.16. The standard InChI is InChI=1S/C33H50N4O2S/c1-5-8-11-12-13-14-17-26-18-19-28-32(22-26)40-33(34-28)36-35-29-24-31(39-4)30(23-27(29)25-38)37(20-15-9-6-2)21-16-10-7-3/h18-19,22-24,38H,5-17,20-21,25H2,1-4H3/b36-35+. The number of azo groups is 1. The van der Waals surface area contributed by atoms with Crippen LogP contribution in [0, 0.1) is 0 Å². The number of aliphatic hydroxyl groups is 1. The molecule has 0 aliphatic rings. The minimum absolute atomic E-state index is 0.106. The van der Waals surface area contributed by atoms with E-state index < -0.39 is 0 Å². The maximum Gasteiger partial charge on any atom is 0.231 e. The van der Waals surface area contributed by atoms with Crippen LogP contribution >= 0.6 is 11.3 Å². The molecule has 1 aromatic heterocycles. The van der Waals surface area contributed by atoms with Crippen molar-refractivity contribution in [2.24, 2.45) is 10.2 Å². The molecule has 0 spiro atoms. The lowest BCUT2D eigenvalue weighted by Crippen LogP contribution is -2.26. The third-order valence-corrected chi connectivity index (χ3v) is 8.36. The molecule has 0 amide bonds. The molecule has 0 fully saturated rings. The van der Waals surface area contributed by atoms with Gasteiger partial charge in [0.05, 0.1) is 35.3 Å². The van der Waals surface area contributed by atoms with Gasteiger partial charge in [-0.05, 0) is 49.4 Å². The lowest BCUT2D eigenvalue weighted by molar-refractivity contribution is 0.282. The Morgan fingerprint density at radius 2 is 1.50 bits per heavy atom. The number of hydrogen-bond acceptors (Lipinski definition) is 7. The largest absolute Gasteiger partial charge is 0.495 e. The molecule has 0 unspecified atom stereocenters. The van der Waals surface area contributed by atoms with Crippen LogP contribution in [0.25, 0.3) is 10.2 Å². The van der Waals surface area contributed by atoms with E-state index in [9.17, 15) is 5.11 Å². The van der Waals surface area contributed by atoms with Crippen LogP contribution in [0.2, 0.25) is 0 Å². The van der Waals surface area contributed by atoms with Crippen molar-refractivity contribution in [2.75, 3.05) is 25.1 Å². The molecule has 2 aromatic carbocycles. The normalized spacial score (nSPS) is 11.6. The molecule has 6 nitrogen and oxygen atoms in total. The number of nitrogens with zero attached hydrogens (tertiary/aromatic N) is 4. The Hall–Kier alpha value is -2.51. The summed E-state index contributed by atoms with van der Waals surface area (Å²) < 4.78 is 6.96. The van der Waals surface area contributed by atoms with E-state index in [4.69, 9.17) is 4.74 Å². The molecular formula is C33H50N4O2S. The van der Waals surface area contributed by atoms with Crippen molar-refractivity contribution < 1.29 is 9.84 Å². The van der Waals surface area contributed by atoms with Gasteiger partial charge in [0.2, 0.25) is 5.13 Å². The van der Waals surface area contributed by atoms with Crippen molar-refractivity contribution in [1.82, 2.24) is 4.98 Å². The molecule has 0 saturated heterocycles. The molecule has 0 atom stereocenters. The molecule has 0 saturated carbocycles. The summed E-state index contributed by atoms with van der Waals surface area (Å²) in [6.45, 7) is 8.57. The summed E-state index contributed by atoms with van der Waals surface area (Å²) in [6, 6.07) is 10.5. The maximum atomic E-state index is 10.2. The van der Waals surface area contributed by atoms with Crippen LogP contribution in [-0.4, -0.2) is 30.3 Å². The van der Waals surface area contributed by atoms with E-state index in [1.807, 2.05) is 12.1 Å². The molecule has 0 aliphatic heterocycles. The van der Waals surface area contributed by atoms with E-state index in [1.54, 1.807) is 18.4 Å². The van der Waals surface area contributed by atoms with Gasteiger partial charge in [-0.25, -0.2) is 4.98 Å². The van der Waals surface area contributed by atoms with Crippen LogP contribution in [0.3, 0.4) is 0 Å². The number of benzene rings is 2. The summed E-state index contributed by atoms with van der Waals surface area (Å²) in [5.74, 6) is 0.766. The van der Waals surface area contributed by atoms with Gasteiger partial charge in [-0.1, -0.05) is 96.0 Å². The van der Waals surface area contributed by atoms with Crippen LogP contribution in [0.5, 0.6) is 5.75 Å². The number of aliphatic hydroxyl groups excluding tert-OH is 1. The zero-order chi connectivity index (χ0) is 28.6. The average molecular weight is 567 g/mol. The first-order valence-corrected chi connectivity index (χ1v) is 16.3. The van der Waals surface area contributed by atoms with Crippen molar-refractivity contribution in [3.8, 4) is 5.75 Å². The second kappa shape index (κ2) is 18.0. The van der Waals surface area contributed by atoms with E-state index in [0.717, 1.165) is 59.6 Å². The number of thiazole rings is 1. The predicted octanol–water partition coefficient (Wildman–Crippen LogP) is 10.3. The van der Waals surface area contributed by atoms with Gasteiger partial charge in [-0.2, -0.15) is 0 Å². The molecule has 220 valence electrons. The fraction of sp³-hybridized carbons (Fsp3) is 0.606. The molecule has 3 aromatic rings. The highest BCUT2D eigenvalue weighted by Crippen LogP contribution is 2.38. The van der Waals surface area contributed by atoms with Gasteiger partial charge in [0, 0.05) is 24.7 Å². The Bertz CT molecular complexity index is 1170. The Balaban J connectivity index is 1.75. The van der Waals surface area contributed by atoms with Gasteiger partial charge in [-0.15, -0.1) is 10.2 Å². The minimum atomic E-state index is -0.106. The number of aromatic nitrogens is 1. The number of aryl methyl sites for hydroxylation is 1. The summed E-state index contributed by atoms with van der Waals surface area (Å²) in [4.78, 5) is 7.09. The minimum Gasteiger partial charge on any atom is -0.495 e. The topological polar surface area (TPSA) is 70.3 Å². The van der Waals surface area contributed by atoms with Crippen molar-refractivity contribution in [2.45, 2.75) is 111 Å². The van der Waals surface area contributed by atoms with Gasteiger partial charge < -0.3 is 14.7 Å². The van der Waals surface area contributed by atoms with Crippen molar-refractivity contribution in [1.29, 1.82) is 0 Å².